The maximum Gasteiger partial charge on any atom is 0.320 e. The molecule has 0 aromatic heterocycles. The predicted molar refractivity (Wildman–Crippen MR) is 139 cm³/mol. The number of fused-ring (bicyclic) bond motifs is 2. The van der Waals surface area contributed by atoms with Crippen molar-refractivity contribution in [1.29, 1.82) is 0 Å². The summed E-state index contributed by atoms with van der Waals surface area (Å²) >= 11 is 0. The van der Waals surface area contributed by atoms with Crippen molar-refractivity contribution in [2.75, 3.05) is 26.2 Å². The Morgan fingerprint density at radius 1 is 1.03 bits per heavy atom. The third-order valence-electron chi connectivity index (χ3n) is 9.54. The lowest BCUT2D eigenvalue weighted by Gasteiger charge is -2.48. The summed E-state index contributed by atoms with van der Waals surface area (Å²) in [5, 5.41) is 3.23. The molecular formula is C29H42F2N4O2. The molecule has 6 nitrogen and oxygen atoms in total. The van der Waals surface area contributed by atoms with Gasteiger partial charge in [-0.05, 0) is 64.4 Å². The number of hydrogen-bond donors (Lipinski definition) is 1. The number of piperidine rings is 1. The standard InChI is InChI=1S/C29H42F2N4O2/c1-3-33-20-28(35(4-2)27(33)37)18-23-10-11-24(19-28)34(23)17-14-25(21-8-6-5-7-9-21)32-26(36)22-12-15-29(30,31)16-13-22/h5-9,22-25H,3-4,10-20H2,1-2H3,(H,32,36). The van der Waals surface area contributed by atoms with Gasteiger partial charge in [-0.2, -0.15) is 0 Å². The summed E-state index contributed by atoms with van der Waals surface area (Å²) in [6, 6.07) is 11.0. The fraction of sp³-hybridized carbons (Fsp3) is 0.724. The van der Waals surface area contributed by atoms with E-state index >= 15 is 0 Å². The highest BCUT2D eigenvalue weighted by atomic mass is 19.3. The van der Waals surface area contributed by atoms with E-state index in [2.05, 4.69) is 29.0 Å². The lowest BCUT2D eigenvalue weighted by Crippen LogP contribution is -2.58. The molecule has 1 spiro atoms. The number of alkyl halides is 2. The molecule has 1 aromatic carbocycles. The molecule has 4 fully saturated rings. The van der Waals surface area contributed by atoms with E-state index in [9.17, 15) is 18.4 Å². The molecule has 3 atom stereocenters. The van der Waals surface area contributed by atoms with Gasteiger partial charge in [0.25, 0.3) is 0 Å². The highest BCUT2D eigenvalue weighted by molar-refractivity contribution is 5.79. The lowest BCUT2D eigenvalue weighted by atomic mass is 9.81. The van der Waals surface area contributed by atoms with Gasteiger partial charge < -0.3 is 15.1 Å². The maximum atomic E-state index is 13.6. The third kappa shape index (κ3) is 5.23. The Kier molecular flexibility index (Phi) is 7.49. The average Bonchev–Trinajstić information content (AvgIpc) is 3.29. The van der Waals surface area contributed by atoms with Crippen molar-refractivity contribution in [2.24, 2.45) is 5.92 Å². The quantitative estimate of drug-likeness (QED) is 0.517. The van der Waals surface area contributed by atoms with E-state index in [0.717, 1.165) is 63.8 Å². The number of rotatable bonds is 8. The normalized spacial score (nSPS) is 30.8. The molecule has 1 saturated carbocycles. The van der Waals surface area contributed by atoms with E-state index in [0.29, 0.717) is 12.1 Å². The van der Waals surface area contributed by atoms with Gasteiger partial charge in [-0.3, -0.25) is 9.69 Å². The summed E-state index contributed by atoms with van der Waals surface area (Å²) in [6.45, 7) is 7.38. The van der Waals surface area contributed by atoms with Crippen LogP contribution in [0.1, 0.15) is 83.2 Å². The minimum Gasteiger partial charge on any atom is -0.349 e. The van der Waals surface area contributed by atoms with Crippen molar-refractivity contribution in [3.8, 4) is 0 Å². The Morgan fingerprint density at radius 2 is 1.68 bits per heavy atom. The smallest absolute Gasteiger partial charge is 0.320 e. The second kappa shape index (κ2) is 10.5. The molecule has 1 aliphatic carbocycles. The molecule has 4 aliphatic rings. The van der Waals surface area contributed by atoms with Gasteiger partial charge >= 0.3 is 6.03 Å². The van der Waals surface area contributed by atoms with Crippen LogP contribution in [0.5, 0.6) is 0 Å². The molecule has 8 heteroatoms. The zero-order valence-electron chi connectivity index (χ0n) is 22.3. The van der Waals surface area contributed by atoms with Gasteiger partial charge in [0.05, 0.1) is 11.6 Å². The molecule has 2 bridgehead atoms. The van der Waals surface area contributed by atoms with Crippen LogP contribution in [-0.4, -0.2) is 76.4 Å². The van der Waals surface area contributed by atoms with Gasteiger partial charge in [0.15, 0.2) is 0 Å². The Hall–Kier alpha value is -2.22. The van der Waals surface area contributed by atoms with Crippen molar-refractivity contribution in [3.05, 3.63) is 35.9 Å². The fourth-order valence-electron chi connectivity index (χ4n) is 7.61. The summed E-state index contributed by atoms with van der Waals surface area (Å²) in [6.07, 6.45) is 5.22. The molecule has 3 heterocycles. The van der Waals surface area contributed by atoms with Crippen molar-refractivity contribution >= 4 is 11.9 Å². The van der Waals surface area contributed by atoms with Crippen molar-refractivity contribution in [3.63, 3.8) is 0 Å². The van der Waals surface area contributed by atoms with Gasteiger partial charge in [0.1, 0.15) is 0 Å². The Bertz CT molecular complexity index is 950. The predicted octanol–water partition coefficient (Wildman–Crippen LogP) is 5.20. The average molecular weight is 517 g/mol. The van der Waals surface area contributed by atoms with E-state index < -0.39 is 5.92 Å². The van der Waals surface area contributed by atoms with Crippen molar-refractivity contribution in [2.45, 2.75) is 101 Å². The van der Waals surface area contributed by atoms with Crippen LogP contribution in [0.25, 0.3) is 0 Å². The highest BCUT2D eigenvalue weighted by Gasteiger charge is 2.56. The van der Waals surface area contributed by atoms with E-state index in [1.807, 2.05) is 35.2 Å². The van der Waals surface area contributed by atoms with E-state index in [-0.39, 0.29) is 55.1 Å². The number of urea groups is 1. The first-order valence-electron chi connectivity index (χ1n) is 14.3. The lowest BCUT2D eigenvalue weighted by molar-refractivity contribution is -0.130. The molecule has 3 saturated heterocycles. The monoisotopic (exact) mass is 516 g/mol. The van der Waals surface area contributed by atoms with Crippen LogP contribution in [0.3, 0.4) is 0 Å². The minimum atomic E-state index is -2.63. The van der Waals surface area contributed by atoms with Crippen molar-refractivity contribution in [1.82, 2.24) is 20.0 Å². The fourth-order valence-corrected chi connectivity index (χ4v) is 7.61. The first kappa shape index (κ1) is 26.4. The summed E-state index contributed by atoms with van der Waals surface area (Å²) in [4.78, 5) is 32.8. The van der Waals surface area contributed by atoms with Crippen molar-refractivity contribution < 1.29 is 18.4 Å². The summed E-state index contributed by atoms with van der Waals surface area (Å²) in [7, 11) is 0. The zero-order valence-corrected chi connectivity index (χ0v) is 22.3. The van der Waals surface area contributed by atoms with Crippen LogP contribution in [0.15, 0.2) is 30.3 Å². The molecule has 3 aliphatic heterocycles. The maximum absolute atomic E-state index is 13.6. The van der Waals surface area contributed by atoms with E-state index in [1.54, 1.807) is 0 Å². The number of nitrogens with one attached hydrogen (secondary N) is 1. The zero-order chi connectivity index (χ0) is 26.2. The summed E-state index contributed by atoms with van der Waals surface area (Å²) in [5.74, 6) is -3.06. The van der Waals surface area contributed by atoms with Gasteiger partial charge in [0.2, 0.25) is 11.8 Å². The Labute approximate surface area is 219 Å². The Morgan fingerprint density at radius 3 is 2.27 bits per heavy atom. The van der Waals surface area contributed by atoms with E-state index in [4.69, 9.17) is 0 Å². The minimum absolute atomic E-state index is 0.0553. The highest BCUT2D eigenvalue weighted by Crippen LogP contribution is 2.47. The third-order valence-corrected chi connectivity index (χ3v) is 9.54. The molecule has 0 radical (unpaired) electrons. The first-order valence-corrected chi connectivity index (χ1v) is 14.3. The SMILES string of the molecule is CCN1CC2(CC3CCC(C2)N3CCC(NC(=O)C2CCC(F)(F)CC2)c2ccccc2)N(CC)C1=O. The topological polar surface area (TPSA) is 55.9 Å². The van der Waals surface area contributed by atoms with Crippen LogP contribution in [0.2, 0.25) is 0 Å². The number of likely N-dealkylation sites (N-methyl/N-ethyl adjacent to an activating group) is 2. The molecular weight excluding hydrogens is 474 g/mol. The number of carbonyl (C=O) groups is 2. The largest absolute Gasteiger partial charge is 0.349 e. The summed E-state index contributed by atoms with van der Waals surface area (Å²) in [5.41, 5.74) is 1.01. The Balaban J connectivity index is 1.25. The molecule has 3 amide bonds. The molecule has 5 rings (SSSR count). The van der Waals surface area contributed by atoms with Crippen LogP contribution < -0.4 is 5.32 Å². The second-order valence-electron chi connectivity index (χ2n) is 11.7. The number of nitrogens with zero attached hydrogens (tertiary/aromatic N) is 3. The van der Waals surface area contributed by atoms with Gasteiger partial charge in [-0.15, -0.1) is 0 Å². The number of carbonyl (C=O) groups excluding carboxylic acids is 2. The molecule has 204 valence electrons. The number of amides is 3. The molecule has 1 N–H and O–H groups in total. The molecule has 1 aromatic rings. The number of halogens is 2. The number of hydrogen-bond acceptors (Lipinski definition) is 3. The second-order valence-corrected chi connectivity index (χ2v) is 11.7. The molecule has 3 unspecified atom stereocenters. The van der Waals surface area contributed by atoms with Gasteiger partial charge in [-0.1, -0.05) is 30.3 Å². The van der Waals surface area contributed by atoms with Crippen LogP contribution in [0, 0.1) is 5.92 Å². The van der Waals surface area contributed by atoms with Crippen LogP contribution in [0.4, 0.5) is 13.6 Å². The molecule has 37 heavy (non-hydrogen) atoms. The first-order chi connectivity index (χ1) is 17.7. The van der Waals surface area contributed by atoms with E-state index in [1.165, 1.54) is 0 Å². The van der Waals surface area contributed by atoms with Crippen LogP contribution >= 0.6 is 0 Å². The van der Waals surface area contributed by atoms with Gasteiger partial charge in [0, 0.05) is 57.0 Å². The van der Waals surface area contributed by atoms with Gasteiger partial charge in [-0.25, -0.2) is 13.6 Å². The van der Waals surface area contributed by atoms with Crippen LogP contribution in [-0.2, 0) is 4.79 Å². The number of benzene rings is 1. The summed E-state index contributed by atoms with van der Waals surface area (Å²) < 4.78 is 27.3.